The van der Waals surface area contributed by atoms with E-state index >= 15 is 0 Å². The maximum absolute atomic E-state index is 11.1. The van der Waals surface area contributed by atoms with Crippen molar-refractivity contribution in [1.29, 1.82) is 0 Å². The first-order valence-electron chi connectivity index (χ1n) is 5.63. The number of ether oxygens (including phenoxy) is 3. The van der Waals surface area contributed by atoms with Crippen molar-refractivity contribution in [2.75, 3.05) is 13.9 Å². The molecule has 1 aromatic carbocycles. The SMILES string of the molecule is COC=CC(=O)OCOCc1cc(C)ccc1C. The summed E-state index contributed by atoms with van der Waals surface area (Å²) in [4.78, 5) is 11.1. The van der Waals surface area contributed by atoms with Gasteiger partial charge in [0.1, 0.15) is 0 Å². The first-order valence-corrected chi connectivity index (χ1v) is 5.63. The van der Waals surface area contributed by atoms with Crippen LogP contribution in [0, 0.1) is 13.8 Å². The van der Waals surface area contributed by atoms with E-state index in [-0.39, 0.29) is 6.79 Å². The summed E-state index contributed by atoms with van der Waals surface area (Å²) in [5, 5.41) is 0. The lowest BCUT2D eigenvalue weighted by molar-refractivity contribution is -0.151. The van der Waals surface area contributed by atoms with Crippen LogP contribution >= 0.6 is 0 Å². The van der Waals surface area contributed by atoms with E-state index in [4.69, 9.17) is 9.47 Å². The van der Waals surface area contributed by atoms with Gasteiger partial charge in [-0.05, 0) is 25.0 Å². The Morgan fingerprint density at radius 3 is 2.83 bits per heavy atom. The second kappa shape index (κ2) is 7.50. The van der Waals surface area contributed by atoms with Gasteiger partial charge in [0.2, 0.25) is 0 Å². The molecule has 0 radical (unpaired) electrons. The van der Waals surface area contributed by atoms with E-state index in [9.17, 15) is 4.79 Å². The molecule has 0 aliphatic heterocycles. The molecule has 0 atom stereocenters. The Kier molecular flexibility index (Phi) is 5.94. The van der Waals surface area contributed by atoms with Crippen LogP contribution in [0.2, 0.25) is 0 Å². The van der Waals surface area contributed by atoms with Gasteiger partial charge in [-0.1, -0.05) is 23.8 Å². The summed E-state index contributed by atoms with van der Waals surface area (Å²) in [6.07, 6.45) is 2.45. The molecule has 0 heterocycles. The van der Waals surface area contributed by atoms with Gasteiger partial charge in [0.25, 0.3) is 0 Å². The number of benzene rings is 1. The van der Waals surface area contributed by atoms with E-state index in [0.29, 0.717) is 6.61 Å². The van der Waals surface area contributed by atoms with Crippen LogP contribution < -0.4 is 0 Å². The van der Waals surface area contributed by atoms with Crippen molar-refractivity contribution in [3.63, 3.8) is 0 Å². The lowest BCUT2D eigenvalue weighted by atomic mass is 10.1. The van der Waals surface area contributed by atoms with Crippen molar-refractivity contribution in [3.8, 4) is 0 Å². The van der Waals surface area contributed by atoms with Crippen LogP contribution in [0.15, 0.2) is 30.5 Å². The van der Waals surface area contributed by atoms with Gasteiger partial charge < -0.3 is 14.2 Å². The quantitative estimate of drug-likeness (QED) is 0.256. The largest absolute Gasteiger partial charge is 0.504 e. The molecule has 0 N–H and O–H groups in total. The molecule has 0 aromatic heterocycles. The molecule has 0 amide bonds. The molecule has 1 rings (SSSR count). The minimum Gasteiger partial charge on any atom is -0.504 e. The number of carbonyl (C=O) groups excluding carboxylic acids is 1. The zero-order valence-electron chi connectivity index (χ0n) is 10.9. The van der Waals surface area contributed by atoms with Crippen molar-refractivity contribution in [1.82, 2.24) is 0 Å². The fourth-order valence-corrected chi connectivity index (χ4v) is 1.38. The first-order chi connectivity index (χ1) is 8.63. The molecule has 0 unspecified atom stereocenters. The second-order valence-electron chi connectivity index (χ2n) is 3.90. The van der Waals surface area contributed by atoms with Gasteiger partial charge in [-0.25, -0.2) is 4.79 Å². The normalized spacial score (nSPS) is 10.6. The van der Waals surface area contributed by atoms with Crippen molar-refractivity contribution in [2.24, 2.45) is 0 Å². The topological polar surface area (TPSA) is 44.8 Å². The van der Waals surface area contributed by atoms with Crippen molar-refractivity contribution in [3.05, 3.63) is 47.2 Å². The molecule has 4 heteroatoms. The molecule has 18 heavy (non-hydrogen) atoms. The van der Waals surface area contributed by atoms with Gasteiger partial charge in [-0.2, -0.15) is 0 Å². The Morgan fingerprint density at radius 1 is 1.33 bits per heavy atom. The molecule has 98 valence electrons. The minimum atomic E-state index is -0.488. The number of aryl methyl sites for hydroxylation is 2. The minimum absolute atomic E-state index is 0.0692. The van der Waals surface area contributed by atoms with E-state index in [1.807, 2.05) is 19.9 Å². The number of rotatable bonds is 6. The molecule has 0 saturated heterocycles. The van der Waals surface area contributed by atoms with E-state index in [1.165, 1.54) is 25.0 Å². The number of hydrogen-bond donors (Lipinski definition) is 0. The fourth-order valence-electron chi connectivity index (χ4n) is 1.38. The maximum atomic E-state index is 11.1. The average Bonchev–Trinajstić information content (AvgIpc) is 2.36. The highest BCUT2D eigenvalue weighted by atomic mass is 16.7. The zero-order valence-corrected chi connectivity index (χ0v) is 10.9. The fraction of sp³-hybridized carbons (Fsp3) is 0.357. The summed E-state index contributed by atoms with van der Waals surface area (Å²) < 4.78 is 14.7. The van der Waals surface area contributed by atoms with Gasteiger partial charge >= 0.3 is 5.97 Å². The third kappa shape index (κ3) is 5.01. The monoisotopic (exact) mass is 250 g/mol. The van der Waals surface area contributed by atoms with E-state index in [1.54, 1.807) is 0 Å². The number of carbonyl (C=O) groups is 1. The molecule has 0 saturated carbocycles. The molecule has 0 fully saturated rings. The van der Waals surface area contributed by atoms with Crippen molar-refractivity contribution in [2.45, 2.75) is 20.5 Å². The second-order valence-corrected chi connectivity index (χ2v) is 3.90. The Hall–Kier alpha value is -1.81. The van der Waals surface area contributed by atoms with Crippen LogP contribution in [0.1, 0.15) is 16.7 Å². The highest BCUT2D eigenvalue weighted by molar-refractivity contribution is 5.81. The van der Waals surface area contributed by atoms with E-state index in [2.05, 4.69) is 16.9 Å². The molecule has 0 aliphatic rings. The molecule has 0 aliphatic carbocycles. The van der Waals surface area contributed by atoms with Crippen molar-refractivity contribution >= 4 is 5.97 Å². The predicted octanol–water partition coefficient (Wildman–Crippen LogP) is 2.48. The first kappa shape index (κ1) is 14.3. The van der Waals surface area contributed by atoms with Gasteiger partial charge in [-0.15, -0.1) is 0 Å². The Morgan fingerprint density at radius 2 is 2.11 bits per heavy atom. The summed E-state index contributed by atoms with van der Waals surface area (Å²) in [6, 6.07) is 6.15. The van der Waals surface area contributed by atoms with Crippen LogP contribution in [0.3, 0.4) is 0 Å². The maximum Gasteiger partial charge on any atom is 0.335 e. The number of hydrogen-bond acceptors (Lipinski definition) is 4. The lowest BCUT2D eigenvalue weighted by Crippen LogP contribution is -2.06. The Balaban J connectivity index is 2.31. The van der Waals surface area contributed by atoms with Gasteiger partial charge in [0, 0.05) is 0 Å². The third-order valence-corrected chi connectivity index (χ3v) is 2.39. The van der Waals surface area contributed by atoms with Gasteiger partial charge in [0.05, 0.1) is 26.1 Å². The van der Waals surface area contributed by atoms with E-state index < -0.39 is 5.97 Å². The van der Waals surface area contributed by atoms with Crippen LogP contribution in [0.4, 0.5) is 0 Å². The van der Waals surface area contributed by atoms with Gasteiger partial charge in [-0.3, -0.25) is 0 Å². The van der Waals surface area contributed by atoms with E-state index in [0.717, 1.165) is 11.1 Å². The summed E-state index contributed by atoms with van der Waals surface area (Å²) in [7, 11) is 1.46. The highest BCUT2D eigenvalue weighted by Crippen LogP contribution is 2.11. The summed E-state index contributed by atoms with van der Waals surface area (Å²) in [5.41, 5.74) is 3.43. The number of esters is 1. The van der Waals surface area contributed by atoms with Crippen molar-refractivity contribution < 1.29 is 19.0 Å². The molecule has 1 aromatic rings. The van der Waals surface area contributed by atoms with Crippen LogP contribution in [-0.4, -0.2) is 19.9 Å². The molecule has 4 nitrogen and oxygen atoms in total. The summed E-state index contributed by atoms with van der Waals surface area (Å²) in [6.45, 7) is 4.40. The number of methoxy groups -OCH3 is 1. The third-order valence-electron chi connectivity index (χ3n) is 2.39. The molecular formula is C14H18O4. The smallest absolute Gasteiger partial charge is 0.335 e. The molecule has 0 spiro atoms. The molecule has 0 bridgehead atoms. The van der Waals surface area contributed by atoms with Crippen LogP contribution in [0.25, 0.3) is 0 Å². The summed E-state index contributed by atoms with van der Waals surface area (Å²) >= 11 is 0. The average molecular weight is 250 g/mol. The predicted molar refractivity (Wildman–Crippen MR) is 67.8 cm³/mol. The Bertz CT molecular complexity index is 424. The lowest BCUT2D eigenvalue weighted by Gasteiger charge is -2.08. The van der Waals surface area contributed by atoms with Gasteiger partial charge in [0.15, 0.2) is 6.79 Å². The standard InChI is InChI=1S/C14H18O4/c1-11-4-5-12(2)13(8-11)9-17-10-18-14(15)6-7-16-3/h4-8H,9-10H2,1-3H3. The summed E-state index contributed by atoms with van der Waals surface area (Å²) in [5.74, 6) is -0.488. The van der Waals surface area contributed by atoms with Crippen LogP contribution in [-0.2, 0) is 25.6 Å². The Labute approximate surface area is 107 Å². The zero-order chi connectivity index (χ0) is 13.4. The molecular weight excluding hydrogens is 232 g/mol. The van der Waals surface area contributed by atoms with Crippen LogP contribution in [0.5, 0.6) is 0 Å². The highest BCUT2D eigenvalue weighted by Gasteiger charge is 2.00.